The number of alkyl halides is 3. The van der Waals surface area contributed by atoms with Crippen molar-refractivity contribution in [3.63, 3.8) is 0 Å². The molecular formula is C13H10ClF3N6. The van der Waals surface area contributed by atoms with E-state index in [9.17, 15) is 13.2 Å². The van der Waals surface area contributed by atoms with Gasteiger partial charge >= 0.3 is 6.18 Å². The molecule has 0 spiro atoms. The summed E-state index contributed by atoms with van der Waals surface area (Å²) in [6.45, 7) is -0.351. The number of rotatable bonds is 1. The predicted octanol–water partition coefficient (Wildman–Crippen LogP) is 2.39. The van der Waals surface area contributed by atoms with Gasteiger partial charge in [-0.15, -0.1) is 0 Å². The van der Waals surface area contributed by atoms with E-state index in [0.717, 1.165) is 4.52 Å². The van der Waals surface area contributed by atoms with Crippen LogP contribution in [-0.2, 0) is 12.5 Å². The molecule has 0 bridgehead atoms. The molecule has 6 nitrogen and oxygen atoms in total. The van der Waals surface area contributed by atoms with Crippen molar-refractivity contribution < 1.29 is 13.2 Å². The minimum atomic E-state index is -4.55. The maximum atomic E-state index is 14.2. The van der Waals surface area contributed by atoms with E-state index in [2.05, 4.69) is 20.5 Å². The second-order valence-electron chi connectivity index (χ2n) is 5.42. The molecule has 0 radical (unpaired) electrons. The lowest BCUT2D eigenvalue weighted by atomic mass is 9.79. The summed E-state index contributed by atoms with van der Waals surface area (Å²) in [5.74, 6) is 0. The van der Waals surface area contributed by atoms with Crippen molar-refractivity contribution in [1.29, 1.82) is 0 Å². The van der Waals surface area contributed by atoms with Gasteiger partial charge in [0.25, 0.3) is 0 Å². The molecule has 1 unspecified atom stereocenters. The van der Waals surface area contributed by atoms with Crippen LogP contribution in [0.3, 0.4) is 0 Å². The van der Waals surface area contributed by atoms with Crippen molar-refractivity contribution in [2.24, 2.45) is 7.05 Å². The normalized spacial score (nSPS) is 20.7. The molecule has 4 rings (SSSR count). The fourth-order valence-electron chi connectivity index (χ4n) is 3.04. The van der Waals surface area contributed by atoms with E-state index in [1.807, 2.05) is 0 Å². The van der Waals surface area contributed by atoms with Crippen LogP contribution in [0, 0.1) is 0 Å². The number of hydrogen-bond donors (Lipinski definition) is 1. The summed E-state index contributed by atoms with van der Waals surface area (Å²) in [6.07, 6.45) is -0.600. The highest BCUT2D eigenvalue weighted by atomic mass is 35.5. The monoisotopic (exact) mass is 342 g/mol. The minimum absolute atomic E-state index is 0.0325. The number of fused-ring (bicyclic) bond motifs is 3. The highest BCUT2D eigenvalue weighted by Crippen LogP contribution is 2.51. The SMILES string of the molecule is Cn1cc(C2(C(F)(F)F)CNc3cnc4cc(Cl)nn4c32)cn1. The van der Waals surface area contributed by atoms with Crippen molar-refractivity contribution in [2.45, 2.75) is 11.6 Å². The van der Waals surface area contributed by atoms with Crippen molar-refractivity contribution >= 4 is 22.9 Å². The van der Waals surface area contributed by atoms with E-state index >= 15 is 0 Å². The van der Waals surface area contributed by atoms with E-state index in [1.165, 1.54) is 29.3 Å². The Morgan fingerprint density at radius 3 is 2.78 bits per heavy atom. The van der Waals surface area contributed by atoms with Crippen LogP contribution in [0.1, 0.15) is 11.3 Å². The van der Waals surface area contributed by atoms with Crippen LogP contribution in [0.2, 0.25) is 5.15 Å². The number of hydrogen-bond acceptors (Lipinski definition) is 4. The van der Waals surface area contributed by atoms with E-state index in [-0.39, 0.29) is 34.3 Å². The van der Waals surface area contributed by atoms with Gasteiger partial charge in [0.2, 0.25) is 0 Å². The third-order valence-corrected chi connectivity index (χ3v) is 4.27. The van der Waals surface area contributed by atoms with Crippen molar-refractivity contribution in [3.05, 3.63) is 41.1 Å². The Morgan fingerprint density at radius 1 is 1.35 bits per heavy atom. The van der Waals surface area contributed by atoms with Gasteiger partial charge in [0.05, 0.1) is 23.8 Å². The summed E-state index contributed by atoms with van der Waals surface area (Å²) in [7, 11) is 1.57. The summed E-state index contributed by atoms with van der Waals surface area (Å²) < 4.78 is 45.0. The maximum absolute atomic E-state index is 14.2. The summed E-state index contributed by atoms with van der Waals surface area (Å²) in [5.41, 5.74) is -1.73. The van der Waals surface area contributed by atoms with E-state index in [0.29, 0.717) is 0 Å². The Labute approximate surface area is 132 Å². The highest BCUT2D eigenvalue weighted by Gasteiger charge is 2.62. The first-order valence-corrected chi connectivity index (χ1v) is 7.05. The Balaban J connectivity index is 2.11. The zero-order valence-corrected chi connectivity index (χ0v) is 12.5. The minimum Gasteiger partial charge on any atom is -0.381 e. The van der Waals surface area contributed by atoms with Gasteiger partial charge in [0.15, 0.2) is 16.2 Å². The van der Waals surface area contributed by atoms with Crippen LogP contribution in [0.5, 0.6) is 0 Å². The van der Waals surface area contributed by atoms with Crippen molar-refractivity contribution in [1.82, 2.24) is 24.4 Å². The molecule has 1 atom stereocenters. The van der Waals surface area contributed by atoms with Crippen LogP contribution >= 0.6 is 11.6 Å². The topological polar surface area (TPSA) is 60.0 Å². The smallest absolute Gasteiger partial charge is 0.381 e. The first-order chi connectivity index (χ1) is 10.8. The molecule has 3 aromatic rings. The Bertz CT molecular complexity index is 914. The molecular weight excluding hydrogens is 333 g/mol. The summed E-state index contributed by atoms with van der Waals surface area (Å²) in [5, 5.41) is 10.7. The first-order valence-electron chi connectivity index (χ1n) is 6.67. The van der Waals surface area contributed by atoms with Crippen LogP contribution in [0.25, 0.3) is 5.65 Å². The van der Waals surface area contributed by atoms with E-state index in [1.54, 1.807) is 7.05 Å². The van der Waals surface area contributed by atoms with Gasteiger partial charge in [0.1, 0.15) is 0 Å². The van der Waals surface area contributed by atoms with Crippen LogP contribution in [0.15, 0.2) is 24.7 Å². The number of nitrogens with zero attached hydrogens (tertiary/aromatic N) is 5. The molecule has 120 valence electrons. The van der Waals surface area contributed by atoms with Gasteiger partial charge in [-0.1, -0.05) is 11.6 Å². The van der Waals surface area contributed by atoms with Crippen molar-refractivity contribution in [3.8, 4) is 0 Å². The molecule has 1 N–H and O–H groups in total. The Hall–Kier alpha value is -2.29. The molecule has 0 amide bonds. The Kier molecular flexibility index (Phi) is 2.72. The molecule has 0 saturated heterocycles. The third kappa shape index (κ3) is 1.79. The van der Waals surface area contributed by atoms with Gasteiger partial charge in [-0.05, 0) is 0 Å². The highest BCUT2D eigenvalue weighted by molar-refractivity contribution is 6.29. The zero-order chi connectivity index (χ0) is 16.4. The molecule has 3 aromatic heterocycles. The van der Waals surface area contributed by atoms with Gasteiger partial charge in [-0.3, -0.25) is 4.68 Å². The predicted molar refractivity (Wildman–Crippen MR) is 76.5 cm³/mol. The number of aromatic nitrogens is 5. The zero-order valence-electron chi connectivity index (χ0n) is 11.8. The quantitative estimate of drug-likeness (QED) is 0.737. The molecule has 23 heavy (non-hydrogen) atoms. The standard InChI is InChI=1S/C13H10ClF3N6/c1-22-5-7(3-20-22)12(13(15,16)17)6-19-8-4-18-10-2-9(14)21-23(10)11(8)12/h2-5,19H,6H2,1H3. The molecule has 0 saturated carbocycles. The van der Waals surface area contributed by atoms with Crippen LogP contribution < -0.4 is 5.32 Å². The largest absolute Gasteiger partial charge is 0.405 e. The van der Waals surface area contributed by atoms with Crippen molar-refractivity contribution in [2.75, 3.05) is 11.9 Å². The summed E-state index contributed by atoms with van der Waals surface area (Å²) in [4.78, 5) is 4.09. The maximum Gasteiger partial charge on any atom is 0.405 e. The fourth-order valence-corrected chi connectivity index (χ4v) is 3.21. The molecule has 10 heteroatoms. The average Bonchev–Trinajstić information content (AvgIpc) is 3.12. The Morgan fingerprint density at radius 2 is 2.13 bits per heavy atom. The van der Waals surface area contributed by atoms with Gasteiger partial charge < -0.3 is 5.32 Å². The number of anilines is 1. The van der Waals surface area contributed by atoms with Gasteiger partial charge in [-0.25, -0.2) is 9.50 Å². The number of aryl methyl sites for hydroxylation is 1. The van der Waals surface area contributed by atoms with Crippen LogP contribution in [0.4, 0.5) is 18.9 Å². The number of halogens is 4. The average molecular weight is 343 g/mol. The van der Waals surface area contributed by atoms with Gasteiger partial charge in [0, 0.05) is 31.4 Å². The van der Waals surface area contributed by atoms with Crippen LogP contribution in [-0.4, -0.2) is 37.1 Å². The van der Waals surface area contributed by atoms with E-state index < -0.39 is 11.6 Å². The second-order valence-corrected chi connectivity index (χ2v) is 5.80. The molecule has 0 aromatic carbocycles. The molecule has 0 aliphatic carbocycles. The lowest BCUT2D eigenvalue weighted by molar-refractivity contribution is -0.174. The summed E-state index contributed by atoms with van der Waals surface area (Å²) in [6, 6.07) is 1.42. The summed E-state index contributed by atoms with van der Waals surface area (Å²) >= 11 is 5.85. The molecule has 0 fully saturated rings. The lowest BCUT2D eigenvalue weighted by Crippen LogP contribution is -2.46. The van der Waals surface area contributed by atoms with Gasteiger partial charge in [-0.2, -0.15) is 23.4 Å². The first kappa shape index (κ1) is 14.3. The molecule has 4 heterocycles. The number of nitrogens with one attached hydrogen (secondary N) is 1. The fraction of sp³-hybridized carbons (Fsp3) is 0.308. The lowest BCUT2D eigenvalue weighted by Gasteiger charge is -2.30. The third-order valence-electron chi connectivity index (χ3n) is 4.08. The molecule has 1 aliphatic heterocycles. The molecule has 1 aliphatic rings. The second kappa shape index (κ2) is 4.38. The van der Waals surface area contributed by atoms with E-state index in [4.69, 9.17) is 11.6 Å².